The SMILES string of the molecule is O=C(NCC1CCOCC1)c1c(O)cccc1O. The Labute approximate surface area is 105 Å². The molecule has 1 aromatic carbocycles. The molecular weight excluding hydrogens is 234 g/mol. The molecule has 1 aliphatic rings. The Kier molecular flexibility index (Phi) is 4.04. The van der Waals surface area contributed by atoms with Crippen molar-refractivity contribution in [2.24, 2.45) is 5.92 Å². The standard InChI is InChI=1S/C13H17NO4/c15-10-2-1-3-11(16)12(10)13(17)14-8-9-4-6-18-7-5-9/h1-3,9,15-16H,4-8H2,(H,14,17). The van der Waals surface area contributed by atoms with Crippen molar-refractivity contribution in [3.63, 3.8) is 0 Å². The van der Waals surface area contributed by atoms with E-state index in [0.717, 1.165) is 26.1 Å². The molecule has 5 nitrogen and oxygen atoms in total. The van der Waals surface area contributed by atoms with E-state index in [1.54, 1.807) is 0 Å². The molecule has 0 saturated carbocycles. The lowest BCUT2D eigenvalue weighted by Gasteiger charge is -2.22. The quantitative estimate of drug-likeness (QED) is 0.755. The molecule has 1 heterocycles. The number of hydrogen-bond acceptors (Lipinski definition) is 4. The van der Waals surface area contributed by atoms with Crippen LogP contribution in [0.15, 0.2) is 18.2 Å². The van der Waals surface area contributed by atoms with Crippen LogP contribution in [0.4, 0.5) is 0 Å². The summed E-state index contributed by atoms with van der Waals surface area (Å²) < 4.78 is 5.24. The second-order valence-electron chi connectivity index (χ2n) is 4.44. The van der Waals surface area contributed by atoms with Gasteiger partial charge in [0.2, 0.25) is 0 Å². The zero-order chi connectivity index (χ0) is 13.0. The average Bonchev–Trinajstić information content (AvgIpc) is 2.37. The van der Waals surface area contributed by atoms with Crippen molar-refractivity contribution in [3.05, 3.63) is 23.8 Å². The van der Waals surface area contributed by atoms with E-state index in [9.17, 15) is 15.0 Å². The van der Waals surface area contributed by atoms with Gasteiger partial charge in [-0.15, -0.1) is 0 Å². The van der Waals surface area contributed by atoms with Gasteiger partial charge in [-0.05, 0) is 30.9 Å². The Morgan fingerprint density at radius 3 is 2.50 bits per heavy atom. The van der Waals surface area contributed by atoms with Crippen LogP contribution in [0.1, 0.15) is 23.2 Å². The van der Waals surface area contributed by atoms with Crippen LogP contribution in [0, 0.1) is 5.92 Å². The lowest BCUT2D eigenvalue weighted by Crippen LogP contribution is -2.32. The molecule has 3 N–H and O–H groups in total. The van der Waals surface area contributed by atoms with E-state index in [-0.39, 0.29) is 17.1 Å². The second-order valence-corrected chi connectivity index (χ2v) is 4.44. The molecule has 1 aliphatic heterocycles. The van der Waals surface area contributed by atoms with Gasteiger partial charge < -0.3 is 20.3 Å². The van der Waals surface area contributed by atoms with Crippen molar-refractivity contribution in [1.29, 1.82) is 0 Å². The van der Waals surface area contributed by atoms with Crippen LogP contribution < -0.4 is 5.32 Å². The molecule has 18 heavy (non-hydrogen) atoms. The van der Waals surface area contributed by atoms with Crippen LogP contribution in [-0.2, 0) is 4.74 Å². The van der Waals surface area contributed by atoms with Crippen LogP contribution in [0.5, 0.6) is 11.5 Å². The van der Waals surface area contributed by atoms with Crippen molar-refractivity contribution in [2.45, 2.75) is 12.8 Å². The van der Waals surface area contributed by atoms with Crippen molar-refractivity contribution in [3.8, 4) is 11.5 Å². The first kappa shape index (κ1) is 12.7. The van der Waals surface area contributed by atoms with Gasteiger partial charge in [0.15, 0.2) is 0 Å². The predicted octanol–water partition coefficient (Wildman–Crippen LogP) is 1.25. The minimum absolute atomic E-state index is 0.0652. The van der Waals surface area contributed by atoms with E-state index in [4.69, 9.17) is 4.74 Å². The number of carbonyl (C=O) groups is 1. The molecule has 0 radical (unpaired) electrons. The molecule has 1 fully saturated rings. The number of phenols is 2. The molecule has 0 bridgehead atoms. The monoisotopic (exact) mass is 251 g/mol. The number of aromatic hydroxyl groups is 2. The highest BCUT2D eigenvalue weighted by molar-refractivity contribution is 5.99. The lowest BCUT2D eigenvalue weighted by molar-refractivity contribution is 0.0642. The molecule has 0 aliphatic carbocycles. The van der Waals surface area contributed by atoms with Crippen LogP contribution >= 0.6 is 0 Å². The maximum absolute atomic E-state index is 11.9. The van der Waals surface area contributed by atoms with Crippen LogP contribution in [0.2, 0.25) is 0 Å². The molecule has 0 aromatic heterocycles. The molecule has 98 valence electrons. The van der Waals surface area contributed by atoms with Gasteiger partial charge in [-0.2, -0.15) is 0 Å². The van der Waals surface area contributed by atoms with E-state index in [2.05, 4.69) is 5.32 Å². The van der Waals surface area contributed by atoms with Gasteiger partial charge in [-0.25, -0.2) is 0 Å². The summed E-state index contributed by atoms with van der Waals surface area (Å²) in [5.74, 6) is -0.466. The number of benzene rings is 1. The maximum atomic E-state index is 11.9. The Morgan fingerprint density at radius 2 is 1.89 bits per heavy atom. The smallest absolute Gasteiger partial charge is 0.258 e. The Bertz CT molecular complexity index is 407. The molecular formula is C13H17NO4. The summed E-state index contributed by atoms with van der Waals surface area (Å²) in [6.45, 7) is 1.99. The van der Waals surface area contributed by atoms with Gasteiger partial charge in [0.1, 0.15) is 17.1 Å². The maximum Gasteiger partial charge on any atom is 0.258 e. The third kappa shape index (κ3) is 2.92. The van der Waals surface area contributed by atoms with E-state index in [0.29, 0.717) is 12.5 Å². The first-order valence-corrected chi connectivity index (χ1v) is 6.05. The molecule has 1 saturated heterocycles. The fourth-order valence-electron chi connectivity index (χ4n) is 2.04. The van der Waals surface area contributed by atoms with Gasteiger partial charge >= 0.3 is 0 Å². The summed E-state index contributed by atoms with van der Waals surface area (Å²) in [5, 5.41) is 21.9. The number of hydrogen-bond donors (Lipinski definition) is 3. The normalized spacial score (nSPS) is 16.4. The number of carbonyl (C=O) groups excluding carboxylic acids is 1. The number of amides is 1. The van der Waals surface area contributed by atoms with Crippen LogP contribution in [0.25, 0.3) is 0 Å². The summed E-state index contributed by atoms with van der Waals surface area (Å²) >= 11 is 0. The van der Waals surface area contributed by atoms with Crippen molar-refractivity contribution in [1.82, 2.24) is 5.32 Å². The lowest BCUT2D eigenvalue weighted by atomic mass is 10.0. The Morgan fingerprint density at radius 1 is 1.28 bits per heavy atom. The topological polar surface area (TPSA) is 78.8 Å². The van der Waals surface area contributed by atoms with Crippen LogP contribution in [0.3, 0.4) is 0 Å². The van der Waals surface area contributed by atoms with Gasteiger partial charge in [0, 0.05) is 19.8 Å². The highest BCUT2D eigenvalue weighted by Crippen LogP contribution is 2.26. The molecule has 5 heteroatoms. The van der Waals surface area contributed by atoms with Gasteiger partial charge in [-0.1, -0.05) is 6.07 Å². The zero-order valence-corrected chi connectivity index (χ0v) is 10.1. The van der Waals surface area contributed by atoms with E-state index in [1.165, 1.54) is 18.2 Å². The molecule has 0 unspecified atom stereocenters. The third-order valence-corrected chi connectivity index (χ3v) is 3.14. The Balaban J connectivity index is 1.95. The van der Waals surface area contributed by atoms with Crippen molar-refractivity contribution < 1.29 is 19.7 Å². The molecule has 0 atom stereocenters. The first-order chi connectivity index (χ1) is 8.68. The van der Waals surface area contributed by atoms with Gasteiger partial charge in [0.25, 0.3) is 5.91 Å². The third-order valence-electron chi connectivity index (χ3n) is 3.14. The highest BCUT2D eigenvalue weighted by atomic mass is 16.5. The number of ether oxygens (including phenoxy) is 1. The first-order valence-electron chi connectivity index (χ1n) is 6.05. The highest BCUT2D eigenvalue weighted by Gasteiger charge is 2.18. The molecule has 0 spiro atoms. The van der Waals surface area contributed by atoms with Gasteiger partial charge in [-0.3, -0.25) is 4.79 Å². The summed E-state index contributed by atoms with van der Waals surface area (Å²) in [7, 11) is 0. The minimum atomic E-state index is -0.447. The fourth-order valence-corrected chi connectivity index (χ4v) is 2.04. The predicted molar refractivity (Wildman–Crippen MR) is 65.6 cm³/mol. The molecule has 2 rings (SSSR count). The zero-order valence-electron chi connectivity index (χ0n) is 10.1. The number of rotatable bonds is 3. The van der Waals surface area contributed by atoms with E-state index in [1.807, 2.05) is 0 Å². The van der Waals surface area contributed by atoms with Gasteiger partial charge in [0.05, 0.1) is 0 Å². The minimum Gasteiger partial charge on any atom is -0.507 e. The van der Waals surface area contributed by atoms with Crippen molar-refractivity contribution in [2.75, 3.05) is 19.8 Å². The largest absolute Gasteiger partial charge is 0.507 e. The van der Waals surface area contributed by atoms with Crippen LogP contribution in [-0.4, -0.2) is 35.9 Å². The van der Waals surface area contributed by atoms with E-state index < -0.39 is 5.91 Å². The molecule has 1 amide bonds. The molecule has 1 aromatic rings. The summed E-state index contributed by atoms with van der Waals surface area (Å²) in [6, 6.07) is 4.24. The summed E-state index contributed by atoms with van der Waals surface area (Å²) in [6.07, 6.45) is 1.85. The second kappa shape index (κ2) is 5.73. The van der Waals surface area contributed by atoms with E-state index >= 15 is 0 Å². The fraction of sp³-hybridized carbons (Fsp3) is 0.462. The van der Waals surface area contributed by atoms with Crippen molar-refractivity contribution >= 4 is 5.91 Å². The summed E-state index contributed by atoms with van der Waals surface area (Å²) in [5.41, 5.74) is -0.0652. The summed E-state index contributed by atoms with van der Waals surface area (Å²) in [4.78, 5) is 11.9. The number of phenolic OH excluding ortho intramolecular Hbond substituents is 2. The Hall–Kier alpha value is -1.75. The number of nitrogens with one attached hydrogen (secondary N) is 1. The average molecular weight is 251 g/mol.